The summed E-state index contributed by atoms with van der Waals surface area (Å²) in [5.74, 6) is -0.889. The highest BCUT2D eigenvalue weighted by Crippen LogP contribution is 2.34. The van der Waals surface area contributed by atoms with Gasteiger partial charge in [0.1, 0.15) is 11.6 Å². The molecule has 1 unspecified atom stereocenters. The zero-order chi connectivity index (χ0) is 13.3. The second kappa shape index (κ2) is 4.92. The Labute approximate surface area is 105 Å². The van der Waals surface area contributed by atoms with Gasteiger partial charge in [0, 0.05) is 19.2 Å². The normalized spacial score (nSPS) is 16.2. The van der Waals surface area contributed by atoms with E-state index in [-0.39, 0.29) is 17.8 Å². The molecule has 2 rings (SSSR count). The number of hydrogen-bond donors (Lipinski definition) is 1. The van der Waals surface area contributed by atoms with Crippen molar-refractivity contribution in [1.29, 1.82) is 0 Å². The lowest BCUT2D eigenvalue weighted by Gasteiger charge is -2.25. The van der Waals surface area contributed by atoms with E-state index in [1.165, 1.54) is 6.07 Å². The van der Waals surface area contributed by atoms with Crippen LogP contribution in [-0.2, 0) is 0 Å². The standard InChI is InChI=1S/C13H16F2N2O/c1-8(9-3-4-9)17(2)13(18)16-12-6-5-10(14)7-11(12)15/h5-9H,3-4H2,1-2H3,(H,16,18). The lowest BCUT2D eigenvalue weighted by Crippen LogP contribution is -2.39. The van der Waals surface area contributed by atoms with Crippen molar-refractivity contribution >= 4 is 11.7 Å². The molecule has 1 aliphatic rings. The van der Waals surface area contributed by atoms with E-state index in [1.807, 2.05) is 6.92 Å². The van der Waals surface area contributed by atoms with Crippen molar-refractivity contribution in [2.45, 2.75) is 25.8 Å². The number of carbonyl (C=O) groups is 1. The number of amides is 2. The summed E-state index contributed by atoms with van der Waals surface area (Å²) in [6.45, 7) is 1.97. The second-order valence-electron chi connectivity index (χ2n) is 4.74. The fourth-order valence-electron chi connectivity index (χ4n) is 1.87. The van der Waals surface area contributed by atoms with E-state index in [9.17, 15) is 13.6 Å². The van der Waals surface area contributed by atoms with Gasteiger partial charge >= 0.3 is 6.03 Å². The van der Waals surface area contributed by atoms with E-state index in [0.29, 0.717) is 5.92 Å². The summed E-state index contributed by atoms with van der Waals surface area (Å²) in [5, 5.41) is 2.45. The van der Waals surface area contributed by atoms with Crippen molar-refractivity contribution in [3.05, 3.63) is 29.8 Å². The molecule has 1 N–H and O–H groups in total. The zero-order valence-corrected chi connectivity index (χ0v) is 10.4. The molecule has 1 aromatic carbocycles. The van der Waals surface area contributed by atoms with Gasteiger partial charge in [0.05, 0.1) is 5.69 Å². The summed E-state index contributed by atoms with van der Waals surface area (Å²) in [5.41, 5.74) is -0.00348. The molecule has 1 atom stereocenters. The second-order valence-corrected chi connectivity index (χ2v) is 4.74. The fourth-order valence-corrected chi connectivity index (χ4v) is 1.87. The molecule has 2 amide bonds. The smallest absolute Gasteiger partial charge is 0.321 e. The van der Waals surface area contributed by atoms with Gasteiger partial charge < -0.3 is 10.2 Å². The summed E-state index contributed by atoms with van der Waals surface area (Å²) in [4.78, 5) is 13.4. The van der Waals surface area contributed by atoms with Gasteiger partial charge in [-0.1, -0.05) is 0 Å². The molecule has 98 valence electrons. The molecule has 3 nitrogen and oxygen atoms in total. The number of rotatable bonds is 3. The minimum absolute atomic E-state index is 0.00348. The average Bonchev–Trinajstić information content (AvgIpc) is 3.14. The average molecular weight is 254 g/mol. The largest absolute Gasteiger partial charge is 0.325 e. The Kier molecular flexibility index (Phi) is 3.50. The third kappa shape index (κ3) is 2.78. The zero-order valence-electron chi connectivity index (χ0n) is 10.4. The van der Waals surface area contributed by atoms with Gasteiger partial charge in [-0.05, 0) is 37.8 Å². The summed E-state index contributed by atoms with van der Waals surface area (Å²) in [7, 11) is 1.68. The van der Waals surface area contributed by atoms with Crippen molar-refractivity contribution in [2.24, 2.45) is 5.92 Å². The topological polar surface area (TPSA) is 32.3 Å². The third-order valence-corrected chi connectivity index (χ3v) is 3.41. The summed E-state index contributed by atoms with van der Waals surface area (Å²) < 4.78 is 26.1. The van der Waals surface area contributed by atoms with Crippen LogP contribution in [0.4, 0.5) is 19.3 Å². The van der Waals surface area contributed by atoms with Crippen molar-refractivity contribution < 1.29 is 13.6 Å². The van der Waals surface area contributed by atoms with Gasteiger partial charge in [-0.25, -0.2) is 13.6 Å². The molecular formula is C13H16F2N2O. The van der Waals surface area contributed by atoms with Gasteiger partial charge in [0.15, 0.2) is 0 Å². The van der Waals surface area contributed by atoms with Crippen LogP contribution in [0.25, 0.3) is 0 Å². The van der Waals surface area contributed by atoms with Crippen LogP contribution in [0.2, 0.25) is 0 Å². The van der Waals surface area contributed by atoms with Crippen molar-refractivity contribution in [1.82, 2.24) is 4.90 Å². The molecule has 0 aliphatic heterocycles. The van der Waals surface area contributed by atoms with E-state index in [4.69, 9.17) is 0 Å². The molecular weight excluding hydrogens is 238 g/mol. The molecule has 5 heteroatoms. The predicted octanol–water partition coefficient (Wildman–Crippen LogP) is 3.23. The van der Waals surface area contributed by atoms with Crippen LogP contribution in [0, 0.1) is 17.6 Å². The van der Waals surface area contributed by atoms with Gasteiger partial charge in [-0.15, -0.1) is 0 Å². The fraction of sp³-hybridized carbons (Fsp3) is 0.462. The summed E-state index contributed by atoms with van der Waals surface area (Å²) in [6.07, 6.45) is 2.26. The van der Waals surface area contributed by atoms with Crippen LogP contribution in [-0.4, -0.2) is 24.0 Å². The van der Waals surface area contributed by atoms with Crippen LogP contribution in [0.1, 0.15) is 19.8 Å². The molecule has 0 bridgehead atoms. The van der Waals surface area contributed by atoms with Crippen LogP contribution in [0.15, 0.2) is 18.2 Å². The first-order valence-corrected chi connectivity index (χ1v) is 5.98. The number of hydrogen-bond acceptors (Lipinski definition) is 1. The maximum Gasteiger partial charge on any atom is 0.321 e. The molecule has 0 heterocycles. The molecule has 1 fully saturated rings. The number of benzene rings is 1. The highest BCUT2D eigenvalue weighted by atomic mass is 19.1. The van der Waals surface area contributed by atoms with E-state index in [1.54, 1.807) is 11.9 Å². The lowest BCUT2D eigenvalue weighted by molar-refractivity contribution is 0.201. The Morgan fingerprint density at radius 1 is 1.44 bits per heavy atom. The van der Waals surface area contributed by atoms with Gasteiger partial charge in [0.2, 0.25) is 0 Å². The number of urea groups is 1. The van der Waals surface area contributed by atoms with Gasteiger partial charge in [0.25, 0.3) is 0 Å². The maximum atomic E-state index is 13.4. The molecule has 0 saturated heterocycles. The van der Waals surface area contributed by atoms with E-state index in [2.05, 4.69) is 5.32 Å². The SMILES string of the molecule is CC(C1CC1)N(C)C(=O)Nc1ccc(F)cc1F. The van der Waals surface area contributed by atoms with Crippen molar-refractivity contribution in [3.8, 4) is 0 Å². The van der Waals surface area contributed by atoms with Gasteiger partial charge in [-0.2, -0.15) is 0 Å². The molecule has 1 aliphatic carbocycles. The molecule has 0 radical (unpaired) electrons. The van der Waals surface area contributed by atoms with E-state index >= 15 is 0 Å². The number of carbonyl (C=O) groups excluding carboxylic acids is 1. The van der Waals surface area contributed by atoms with Gasteiger partial charge in [-0.3, -0.25) is 0 Å². The molecule has 1 aromatic rings. The van der Waals surface area contributed by atoms with E-state index < -0.39 is 11.6 Å². The minimum Gasteiger partial charge on any atom is -0.325 e. The van der Waals surface area contributed by atoms with Crippen LogP contribution < -0.4 is 5.32 Å². The minimum atomic E-state index is -0.768. The Hall–Kier alpha value is -1.65. The van der Waals surface area contributed by atoms with Crippen molar-refractivity contribution in [3.63, 3.8) is 0 Å². The molecule has 1 saturated carbocycles. The molecule has 0 spiro atoms. The summed E-state index contributed by atoms with van der Waals surface area (Å²) in [6, 6.07) is 2.84. The Morgan fingerprint density at radius 3 is 2.67 bits per heavy atom. The number of nitrogens with one attached hydrogen (secondary N) is 1. The third-order valence-electron chi connectivity index (χ3n) is 3.41. The predicted molar refractivity (Wildman–Crippen MR) is 65.3 cm³/mol. The first-order chi connectivity index (χ1) is 8.49. The highest BCUT2D eigenvalue weighted by molar-refractivity contribution is 5.89. The van der Waals surface area contributed by atoms with Crippen molar-refractivity contribution in [2.75, 3.05) is 12.4 Å². The summed E-state index contributed by atoms with van der Waals surface area (Å²) >= 11 is 0. The van der Waals surface area contributed by atoms with Crippen LogP contribution in [0.3, 0.4) is 0 Å². The maximum absolute atomic E-state index is 13.4. The number of anilines is 1. The quantitative estimate of drug-likeness (QED) is 0.882. The number of halogens is 2. The first-order valence-electron chi connectivity index (χ1n) is 5.98. The lowest BCUT2D eigenvalue weighted by atomic mass is 10.2. The van der Waals surface area contributed by atoms with E-state index in [0.717, 1.165) is 25.0 Å². The first kappa shape index (κ1) is 12.8. The van der Waals surface area contributed by atoms with Crippen LogP contribution in [0.5, 0.6) is 0 Å². The molecule has 18 heavy (non-hydrogen) atoms. The number of nitrogens with zero attached hydrogens (tertiary/aromatic N) is 1. The Morgan fingerprint density at radius 2 is 2.11 bits per heavy atom. The Balaban J connectivity index is 2.01. The highest BCUT2D eigenvalue weighted by Gasteiger charge is 2.32. The molecule has 0 aromatic heterocycles. The van der Waals surface area contributed by atoms with Crippen LogP contribution >= 0.6 is 0 Å². The monoisotopic (exact) mass is 254 g/mol. The Bertz CT molecular complexity index is 460.